The summed E-state index contributed by atoms with van der Waals surface area (Å²) in [5.74, 6) is -2.44. The lowest BCUT2D eigenvalue weighted by Crippen LogP contribution is -2.64. The maximum atomic E-state index is 13.7. The molecule has 1 aliphatic rings. The lowest BCUT2D eigenvalue weighted by molar-refractivity contribution is -0.169. The third-order valence-electron chi connectivity index (χ3n) is 7.96. The average Bonchev–Trinajstić information content (AvgIpc) is 2.86. The highest BCUT2D eigenvalue weighted by Crippen LogP contribution is 2.40. The molecule has 0 aliphatic heterocycles. The molecule has 35 heavy (non-hydrogen) atoms. The Morgan fingerprint density at radius 1 is 1.14 bits per heavy atom. The molecule has 8 heteroatoms. The van der Waals surface area contributed by atoms with Crippen molar-refractivity contribution >= 4 is 11.7 Å². The van der Waals surface area contributed by atoms with E-state index < -0.39 is 41.7 Å². The molecule has 8 nitrogen and oxygen atoms in total. The van der Waals surface area contributed by atoms with Gasteiger partial charge < -0.3 is 27.0 Å². The zero-order valence-corrected chi connectivity index (χ0v) is 22.0. The van der Waals surface area contributed by atoms with Crippen molar-refractivity contribution < 1.29 is 19.8 Å². The second-order valence-corrected chi connectivity index (χ2v) is 10.7. The van der Waals surface area contributed by atoms with E-state index in [0.29, 0.717) is 12.1 Å². The highest BCUT2D eigenvalue weighted by atomic mass is 16.3. The van der Waals surface area contributed by atoms with Crippen LogP contribution in [0.25, 0.3) is 0 Å². The van der Waals surface area contributed by atoms with Gasteiger partial charge in [-0.25, -0.2) is 0 Å². The Labute approximate surface area is 210 Å². The van der Waals surface area contributed by atoms with Crippen LogP contribution in [-0.4, -0.2) is 50.7 Å². The van der Waals surface area contributed by atoms with Crippen molar-refractivity contribution in [3.63, 3.8) is 0 Å². The van der Waals surface area contributed by atoms with Gasteiger partial charge in [-0.3, -0.25) is 14.6 Å². The fourth-order valence-corrected chi connectivity index (χ4v) is 5.35. The van der Waals surface area contributed by atoms with Crippen molar-refractivity contribution in [2.75, 3.05) is 0 Å². The first kappa shape index (κ1) is 29.4. The van der Waals surface area contributed by atoms with Crippen LogP contribution in [0.4, 0.5) is 0 Å². The van der Waals surface area contributed by atoms with Gasteiger partial charge in [0.2, 0.25) is 5.91 Å². The predicted molar refractivity (Wildman–Crippen MR) is 137 cm³/mol. The quantitative estimate of drug-likeness (QED) is 0.302. The van der Waals surface area contributed by atoms with Crippen LogP contribution in [0.5, 0.6) is 0 Å². The Balaban J connectivity index is 2.39. The van der Waals surface area contributed by atoms with E-state index in [1.165, 1.54) is 0 Å². The van der Waals surface area contributed by atoms with Gasteiger partial charge in [-0.05, 0) is 49.7 Å². The van der Waals surface area contributed by atoms with Crippen LogP contribution in [0.2, 0.25) is 0 Å². The second-order valence-electron chi connectivity index (χ2n) is 10.7. The Kier molecular flexibility index (Phi) is 10.8. The van der Waals surface area contributed by atoms with Gasteiger partial charge in [-0.2, -0.15) is 0 Å². The predicted octanol–water partition coefficient (Wildman–Crippen LogP) is 2.47. The van der Waals surface area contributed by atoms with Gasteiger partial charge in [0.1, 0.15) is 11.6 Å². The summed E-state index contributed by atoms with van der Waals surface area (Å²) in [4.78, 5) is 31.4. The van der Waals surface area contributed by atoms with Gasteiger partial charge in [-0.1, -0.05) is 59.4 Å². The monoisotopic (exact) mass is 490 g/mol. The molecule has 1 aromatic heterocycles. The molecule has 1 aliphatic carbocycles. The number of nitrogens with zero attached hydrogens (tertiary/aromatic N) is 1. The number of aliphatic hydroxyl groups excluding tert-OH is 1. The number of hydrogen-bond donors (Lipinski definition) is 5. The Morgan fingerprint density at radius 3 is 2.26 bits per heavy atom. The number of amides is 1. The van der Waals surface area contributed by atoms with Crippen molar-refractivity contribution in [1.29, 1.82) is 0 Å². The van der Waals surface area contributed by atoms with Gasteiger partial charge in [0.25, 0.3) is 0 Å². The van der Waals surface area contributed by atoms with Crippen LogP contribution in [-0.2, 0) is 9.59 Å². The van der Waals surface area contributed by atoms with E-state index in [1.54, 1.807) is 31.3 Å². The zero-order valence-electron chi connectivity index (χ0n) is 22.0. The summed E-state index contributed by atoms with van der Waals surface area (Å²) in [5, 5.41) is 26.1. The number of hydrogen-bond acceptors (Lipinski definition) is 7. The summed E-state index contributed by atoms with van der Waals surface area (Å²) in [7, 11) is 0. The van der Waals surface area contributed by atoms with Crippen LogP contribution in [0.3, 0.4) is 0 Å². The van der Waals surface area contributed by atoms with E-state index in [9.17, 15) is 19.8 Å². The molecule has 1 heterocycles. The number of nitrogens with one attached hydrogen (secondary N) is 1. The van der Waals surface area contributed by atoms with Crippen LogP contribution >= 0.6 is 0 Å². The summed E-state index contributed by atoms with van der Waals surface area (Å²) in [5.41, 5.74) is 11.3. The molecule has 0 saturated heterocycles. The summed E-state index contributed by atoms with van der Waals surface area (Å²) in [6, 6.07) is 2.58. The molecule has 0 spiro atoms. The second kappa shape index (κ2) is 12.9. The van der Waals surface area contributed by atoms with Crippen LogP contribution < -0.4 is 16.8 Å². The first-order valence-corrected chi connectivity index (χ1v) is 13.1. The van der Waals surface area contributed by atoms with Crippen molar-refractivity contribution in [2.24, 2.45) is 35.1 Å². The summed E-state index contributed by atoms with van der Waals surface area (Å²) >= 11 is 0. The van der Waals surface area contributed by atoms with E-state index in [4.69, 9.17) is 11.5 Å². The number of aliphatic hydroxyl groups is 2. The highest BCUT2D eigenvalue weighted by molar-refractivity contribution is 5.94. The third kappa shape index (κ3) is 6.67. The van der Waals surface area contributed by atoms with Crippen LogP contribution in [0.15, 0.2) is 24.4 Å². The van der Waals surface area contributed by atoms with Crippen molar-refractivity contribution in [2.45, 2.75) is 103 Å². The molecule has 7 N–H and O–H groups in total. The molecule has 0 radical (unpaired) electrons. The van der Waals surface area contributed by atoms with Gasteiger partial charge >= 0.3 is 0 Å². The van der Waals surface area contributed by atoms with Crippen molar-refractivity contribution in [3.05, 3.63) is 30.1 Å². The molecule has 7 atom stereocenters. The number of Topliss-reactive ketones (excluding diaryl/α,β-unsaturated/α-hetero) is 1. The smallest absolute Gasteiger partial charge is 0.226 e. The standard InChI is InChI=1S/C27H46N4O4/c1-6-17(4)22(29)24(32)23(20-14-10-11-15-30-20)31-26(34)21(16(2)3)25(33)27(35,18(5)28)19-12-8-7-9-13-19/h10-11,14-19,21-23,25,33,35H,6-9,12-13,28-29H2,1-5H3,(H,31,34)/t17-,18-,21+,22-,23?,25+,27-/m0/s1. The van der Waals surface area contributed by atoms with E-state index in [0.717, 1.165) is 32.1 Å². The van der Waals surface area contributed by atoms with E-state index >= 15 is 0 Å². The number of nitrogens with two attached hydrogens (primary N) is 2. The zero-order chi connectivity index (χ0) is 26.3. The Morgan fingerprint density at radius 2 is 1.77 bits per heavy atom. The first-order chi connectivity index (χ1) is 16.5. The lowest BCUT2D eigenvalue weighted by atomic mass is 9.66. The minimum Gasteiger partial charge on any atom is -0.389 e. The highest BCUT2D eigenvalue weighted by Gasteiger charge is 2.52. The van der Waals surface area contributed by atoms with Gasteiger partial charge in [0, 0.05) is 12.2 Å². The summed E-state index contributed by atoms with van der Waals surface area (Å²) < 4.78 is 0. The largest absolute Gasteiger partial charge is 0.389 e. The summed E-state index contributed by atoms with van der Waals surface area (Å²) in [6.45, 7) is 9.17. The minimum atomic E-state index is -1.62. The molecular weight excluding hydrogens is 444 g/mol. The lowest BCUT2D eigenvalue weighted by Gasteiger charge is -2.47. The fourth-order valence-electron chi connectivity index (χ4n) is 5.35. The van der Waals surface area contributed by atoms with E-state index in [-0.39, 0.29) is 23.5 Å². The maximum Gasteiger partial charge on any atom is 0.226 e. The third-order valence-corrected chi connectivity index (χ3v) is 7.96. The fraction of sp³-hybridized carbons (Fsp3) is 0.741. The number of ketones is 1. The molecule has 1 saturated carbocycles. The van der Waals surface area contributed by atoms with Crippen LogP contribution in [0.1, 0.15) is 84.9 Å². The number of rotatable bonds is 12. The normalized spacial score (nSPS) is 21.9. The molecule has 1 unspecified atom stereocenters. The van der Waals surface area contributed by atoms with E-state index in [2.05, 4.69) is 10.3 Å². The minimum absolute atomic E-state index is 0.0772. The van der Waals surface area contributed by atoms with Crippen molar-refractivity contribution in [1.82, 2.24) is 10.3 Å². The molecular formula is C27H46N4O4. The molecule has 1 aromatic rings. The Hall–Kier alpha value is -1.87. The SMILES string of the molecule is CC[C@H](C)[C@H](N)C(=O)C(NC(=O)[C@H](C(C)C)[C@@H](O)[C@@](O)(C1CCCCC1)[C@H](C)N)c1ccccn1. The molecule has 198 valence electrons. The van der Waals surface area contributed by atoms with Gasteiger partial charge in [0.05, 0.1) is 23.8 Å². The Bertz CT molecular complexity index is 813. The number of pyridine rings is 1. The van der Waals surface area contributed by atoms with E-state index in [1.807, 2.05) is 27.7 Å². The number of aromatic nitrogens is 1. The number of carbonyl (C=O) groups is 2. The molecule has 0 aromatic carbocycles. The van der Waals surface area contributed by atoms with Gasteiger partial charge in [-0.15, -0.1) is 0 Å². The summed E-state index contributed by atoms with van der Waals surface area (Å²) in [6.07, 6.45) is 5.37. The maximum absolute atomic E-state index is 13.7. The molecule has 2 rings (SSSR count). The molecule has 1 amide bonds. The van der Waals surface area contributed by atoms with Crippen molar-refractivity contribution in [3.8, 4) is 0 Å². The van der Waals surface area contributed by atoms with Gasteiger partial charge in [0.15, 0.2) is 5.78 Å². The average molecular weight is 491 g/mol. The number of carbonyl (C=O) groups excluding carboxylic acids is 2. The van der Waals surface area contributed by atoms with Crippen LogP contribution in [0, 0.1) is 23.7 Å². The topological polar surface area (TPSA) is 152 Å². The first-order valence-electron chi connectivity index (χ1n) is 13.1. The molecule has 1 fully saturated rings. The molecule has 0 bridgehead atoms.